The first-order chi connectivity index (χ1) is 12.5. The lowest BCUT2D eigenvalue weighted by molar-refractivity contribution is -0.124. The summed E-state index contributed by atoms with van der Waals surface area (Å²) in [4.78, 5) is 12.4. The third-order valence-corrected chi connectivity index (χ3v) is 4.27. The van der Waals surface area contributed by atoms with Crippen LogP contribution in [-0.4, -0.2) is 25.7 Å². The Morgan fingerprint density at radius 3 is 2.62 bits per heavy atom. The molecule has 1 N–H and O–H groups in total. The van der Waals surface area contributed by atoms with Crippen LogP contribution >= 0.6 is 0 Å². The van der Waals surface area contributed by atoms with Gasteiger partial charge < -0.3 is 19.5 Å². The molecule has 0 bridgehead atoms. The van der Waals surface area contributed by atoms with E-state index in [9.17, 15) is 4.79 Å². The highest BCUT2D eigenvalue weighted by Crippen LogP contribution is 2.34. The normalized spacial score (nSPS) is 14.0. The van der Waals surface area contributed by atoms with Crippen molar-refractivity contribution in [3.63, 3.8) is 0 Å². The van der Waals surface area contributed by atoms with Crippen LogP contribution in [0.15, 0.2) is 42.5 Å². The highest BCUT2D eigenvalue weighted by molar-refractivity contribution is 5.78. The van der Waals surface area contributed by atoms with E-state index >= 15 is 0 Å². The van der Waals surface area contributed by atoms with Crippen molar-refractivity contribution >= 4 is 5.91 Å². The molecule has 2 aromatic carbocycles. The van der Waals surface area contributed by atoms with Crippen molar-refractivity contribution in [1.82, 2.24) is 5.32 Å². The van der Waals surface area contributed by atoms with Gasteiger partial charge in [0, 0.05) is 0 Å². The van der Waals surface area contributed by atoms with E-state index in [0.717, 1.165) is 22.6 Å². The zero-order chi connectivity index (χ0) is 18.5. The summed E-state index contributed by atoms with van der Waals surface area (Å²) in [7, 11) is 0. The van der Waals surface area contributed by atoms with Crippen LogP contribution < -0.4 is 19.5 Å². The smallest absolute Gasteiger partial charge is 0.258 e. The van der Waals surface area contributed by atoms with E-state index in [-0.39, 0.29) is 24.5 Å². The molecule has 5 nitrogen and oxygen atoms in total. The molecule has 138 valence electrons. The number of rotatable bonds is 6. The summed E-state index contributed by atoms with van der Waals surface area (Å²) in [5.74, 6) is 2.24. The van der Waals surface area contributed by atoms with Crippen LogP contribution in [-0.2, 0) is 4.79 Å². The number of ether oxygens (including phenoxy) is 3. The van der Waals surface area contributed by atoms with E-state index in [4.69, 9.17) is 14.2 Å². The molecule has 0 aromatic heterocycles. The van der Waals surface area contributed by atoms with Crippen LogP contribution in [0.2, 0.25) is 0 Å². The summed E-state index contributed by atoms with van der Waals surface area (Å²) in [5, 5.41) is 3.06. The van der Waals surface area contributed by atoms with Gasteiger partial charge in [-0.1, -0.05) is 32.0 Å². The highest BCUT2D eigenvalue weighted by atomic mass is 16.6. The van der Waals surface area contributed by atoms with E-state index in [0.29, 0.717) is 19.0 Å². The zero-order valence-corrected chi connectivity index (χ0v) is 15.5. The highest BCUT2D eigenvalue weighted by Gasteiger charge is 2.21. The molecule has 1 aliphatic heterocycles. The lowest BCUT2D eigenvalue weighted by Gasteiger charge is -2.25. The van der Waals surface area contributed by atoms with Gasteiger partial charge in [0.25, 0.3) is 5.91 Å². The van der Waals surface area contributed by atoms with E-state index in [1.54, 1.807) is 0 Å². The molecular formula is C21H25NO4. The molecule has 1 amide bonds. The molecule has 0 aliphatic carbocycles. The number of benzene rings is 2. The fraction of sp³-hybridized carbons (Fsp3) is 0.381. The molecular weight excluding hydrogens is 330 g/mol. The van der Waals surface area contributed by atoms with Gasteiger partial charge in [-0.3, -0.25) is 4.79 Å². The lowest BCUT2D eigenvalue weighted by Crippen LogP contribution is -2.35. The minimum absolute atomic E-state index is 0.0166. The molecule has 0 fully saturated rings. The average Bonchev–Trinajstić information content (AvgIpc) is 2.64. The minimum Gasteiger partial charge on any atom is -0.486 e. The third kappa shape index (κ3) is 4.48. The average molecular weight is 355 g/mol. The number of amides is 1. The summed E-state index contributed by atoms with van der Waals surface area (Å²) < 4.78 is 16.8. The van der Waals surface area contributed by atoms with Crippen molar-refractivity contribution in [2.24, 2.45) is 5.92 Å². The predicted octanol–water partition coefficient (Wildman–Crippen LogP) is 3.66. The van der Waals surface area contributed by atoms with Crippen molar-refractivity contribution in [1.29, 1.82) is 0 Å². The standard InChI is InChI=1S/C21H25NO4/c1-14(2)21(16-7-8-18-19(12-16)25-10-9-24-18)22-20(23)13-26-17-6-4-5-15(3)11-17/h4-8,11-12,14,21H,9-10,13H2,1-3H3,(H,22,23)/t21-/m0/s1. The van der Waals surface area contributed by atoms with Crippen molar-refractivity contribution in [2.75, 3.05) is 19.8 Å². The molecule has 3 rings (SSSR count). The third-order valence-electron chi connectivity index (χ3n) is 4.27. The Bertz CT molecular complexity index is 772. The van der Waals surface area contributed by atoms with Crippen molar-refractivity contribution in [3.8, 4) is 17.2 Å². The van der Waals surface area contributed by atoms with Crippen LogP contribution in [0.25, 0.3) is 0 Å². The molecule has 2 aromatic rings. The van der Waals surface area contributed by atoms with Crippen LogP contribution in [0, 0.1) is 12.8 Å². The zero-order valence-electron chi connectivity index (χ0n) is 15.5. The summed E-state index contributed by atoms with van der Waals surface area (Å²) >= 11 is 0. The van der Waals surface area contributed by atoms with Crippen LogP contribution in [0.4, 0.5) is 0 Å². The fourth-order valence-corrected chi connectivity index (χ4v) is 2.96. The second kappa shape index (κ2) is 8.13. The van der Waals surface area contributed by atoms with E-state index in [2.05, 4.69) is 19.2 Å². The number of carbonyl (C=O) groups is 1. The SMILES string of the molecule is Cc1cccc(OCC(=O)N[C@H](c2ccc3c(c2)OCCO3)C(C)C)c1. The molecule has 0 radical (unpaired) electrons. The van der Waals surface area contributed by atoms with Gasteiger partial charge in [0.1, 0.15) is 19.0 Å². The number of hydrogen-bond donors (Lipinski definition) is 1. The predicted molar refractivity (Wildman–Crippen MR) is 99.8 cm³/mol. The Morgan fingerprint density at radius 1 is 1.12 bits per heavy atom. The number of nitrogens with one attached hydrogen (secondary N) is 1. The summed E-state index contributed by atoms with van der Waals surface area (Å²) in [6, 6.07) is 13.3. The van der Waals surface area contributed by atoms with E-state index < -0.39 is 0 Å². The topological polar surface area (TPSA) is 56.8 Å². The van der Waals surface area contributed by atoms with Crippen molar-refractivity contribution < 1.29 is 19.0 Å². The van der Waals surface area contributed by atoms with E-state index in [1.807, 2.05) is 49.4 Å². The van der Waals surface area contributed by atoms with Gasteiger partial charge in [-0.2, -0.15) is 0 Å². The maximum Gasteiger partial charge on any atom is 0.258 e. The molecule has 5 heteroatoms. The first kappa shape index (κ1) is 18.1. The number of aryl methyl sites for hydroxylation is 1. The molecule has 1 aliphatic rings. The van der Waals surface area contributed by atoms with Crippen LogP contribution in [0.1, 0.15) is 31.0 Å². The van der Waals surface area contributed by atoms with Gasteiger partial charge in [-0.05, 0) is 48.2 Å². The monoisotopic (exact) mass is 355 g/mol. The van der Waals surface area contributed by atoms with Crippen molar-refractivity contribution in [2.45, 2.75) is 26.8 Å². The minimum atomic E-state index is -0.153. The maximum absolute atomic E-state index is 12.4. The van der Waals surface area contributed by atoms with Gasteiger partial charge in [0.2, 0.25) is 0 Å². The second-order valence-electron chi connectivity index (χ2n) is 6.80. The number of fused-ring (bicyclic) bond motifs is 1. The Morgan fingerprint density at radius 2 is 1.88 bits per heavy atom. The quantitative estimate of drug-likeness (QED) is 0.859. The van der Waals surface area contributed by atoms with Crippen LogP contribution in [0.3, 0.4) is 0 Å². The Labute approximate surface area is 154 Å². The Balaban J connectivity index is 1.65. The molecule has 0 unspecified atom stereocenters. The first-order valence-electron chi connectivity index (χ1n) is 8.91. The van der Waals surface area contributed by atoms with Gasteiger partial charge >= 0.3 is 0 Å². The maximum atomic E-state index is 12.4. The summed E-state index contributed by atoms with van der Waals surface area (Å²) in [6.45, 7) is 7.22. The second-order valence-corrected chi connectivity index (χ2v) is 6.80. The summed E-state index contributed by atoms with van der Waals surface area (Å²) in [5.41, 5.74) is 2.09. The number of carbonyl (C=O) groups excluding carboxylic acids is 1. The van der Waals surface area contributed by atoms with Gasteiger partial charge in [0.15, 0.2) is 18.1 Å². The fourth-order valence-electron chi connectivity index (χ4n) is 2.96. The molecule has 0 saturated carbocycles. The molecule has 0 saturated heterocycles. The molecule has 1 heterocycles. The molecule has 1 atom stereocenters. The number of hydrogen-bond acceptors (Lipinski definition) is 4. The van der Waals surface area contributed by atoms with E-state index in [1.165, 1.54) is 0 Å². The largest absolute Gasteiger partial charge is 0.486 e. The van der Waals surface area contributed by atoms with Crippen molar-refractivity contribution in [3.05, 3.63) is 53.6 Å². The van der Waals surface area contributed by atoms with Crippen LogP contribution in [0.5, 0.6) is 17.2 Å². The van der Waals surface area contributed by atoms with Gasteiger partial charge in [-0.15, -0.1) is 0 Å². The van der Waals surface area contributed by atoms with Gasteiger partial charge in [-0.25, -0.2) is 0 Å². The Kier molecular flexibility index (Phi) is 5.66. The molecule has 0 spiro atoms. The first-order valence-corrected chi connectivity index (χ1v) is 8.91. The summed E-state index contributed by atoms with van der Waals surface area (Å²) in [6.07, 6.45) is 0. The van der Waals surface area contributed by atoms with Gasteiger partial charge in [0.05, 0.1) is 6.04 Å². The Hall–Kier alpha value is -2.69. The molecule has 26 heavy (non-hydrogen) atoms. The lowest BCUT2D eigenvalue weighted by atomic mass is 9.95.